The van der Waals surface area contributed by atoms with E-state index < -0.39 is 5.54 Å². The van der Waals surface area contributed by atoms with E-state index in [1.54, 1.807) is 0 Å². The van der Waals surface area contributed by atoms with Crippen molar-refractivity contribution in [3.05, 3.63) is 29.8 Å². The molecule has 1 unspecified atom stereocenters. The van der Waals surface area contributed by atoms with Crippen molar-refractivity contribution in [2.45, 2.75) is 52.0 Å². The van der Waals surface area contributed by atoms with Gasteiger partial charge in [0.05, 0.1) is 12.1 Å². The normalized spacial score (nSPS) is 13.7. The second-order valence-corrected chi connectivity index (χ2v) is 5.57. The summed E-state index contributed by atoms with van der Waals surface area (Å²) in [4.78, 5) is 11.5. The number of aryl methyl sites for hydroxylation is 1. The molecule has 0 bridgehead atoms. The molecule has 0 aliphatic heterocycles. The Morgan fingerprint density at radius 1 is 1.29 bits per heavy atom. The highest BCUT2D eigenvalue weighted by molar-refractivity contribution is 5.84. The molecule has 1 rings (SSSR count). The number of carbonyl (C=O) groups excluding carboxylic acids is 1. The third kappa shape index (κ3) is 5.76. The lowest BCUT2D eigenvalue weighted by Crippen LogP contribution is -2.53. The van der Waals surface area contributed by atoms with E-state index in [2.05, 4.69) is 24.4 Å². The number of carbonyl (C=O) groups is 1. The first-order valence-electron chi connectivity index (χ1n) is 7.78. The van der Waals surface area contributed by atoms with E-state index in [9.17, 15) is 4.79 Å². The predicted molar refractivity (Wildman–Crippen MR) is 86.4 cm³/mol. The van der Waals surface area contributed by atoms with E-state index in [0.29, 0.717) is 19.6 Å². The number of nitrogens with one attached hydrogen (secondary N) is 1. The monoisotopic (exact) mass is 292 g/mol. The minimum absolute atomic E-state index is 0.345. The van der Waals surface area contributed by atoms with Crippen LogP contribution in [0.5, 0.6) is 5.75 Å². The van der Waals surface area contributed by atoms with Crippen molar-refractivity contribution in [3.63, 3.8) is 0 Å². The molecule has 0 radical (unpaired) electrons. The Morgan fingerprint density at radius 3 is 2.48 bits per heavy atom. The third-order valence-corrected chi connectivity index (χ3v) is 3.72. The van der Waals surface area contributed by atoms with E-state index >= 15 is 0 Å². The Labute approximate surface area is 128 Å². The van der Waals surface area contributed by atoms with E-state index in [1.165, 1.54) is 18.4 Å². The van der Waals surface area contributed by atoms with Crippen molar-refractivity contribution in [1.82, 2.24) is 5.32 Å². The van der Waals surface area contributed by atoms with Crippen LogP contribution in [0, 0.1) is 0 Å². The number of unbranched alkanes of at least 4 members (excludes halogenated alkanes) is 1. The predicted octanol–water partition coefficient (Wildman–Crippen LogP) is 2.65. The van der Waals surface area contributed by atoms with E-state index in [4.69, 9.17) is 10.5 Å². The average molecular weight is 292 g/mol. The lowest BCUT2D eigenvalue weighted by Gasteiger charge is -2.26. The minimum Gasteiger partial charge on any atom is -0.494 e. The highest BCUT2D eigenvalue weighted by atomic mass is 16.5. The Morgan fingerprint density at radius 2 is 1.95 bits per heavy atom. The number of primary amides is 1. The molecule has 0 aromatic heterocycles. The molecule has 1 atom stereocenters. The van der Waals surface area contributed by atoms with Gasteiger partial charge in [-0.1, -0.05) is 32.4 Å². The van der Waals surface area contributed by atoms with Crippen molar-refractivity contribution in [1.29, 1.82) is 0 Å². The first-order valence-corrected chi connectivity index (χ1v) is 7.78. The summed E-state index contributed by atoms with van der Waals surface area (Å²) in [5.74, 6) is 0.487. The molecular weight excluding hydrogens is 264 g/mol. The van der Waals surface area contributed by atoms with Crippen LogP contribution in [0.1, 0.15) is 45.6 Å². The average Bonchev–Trinajstić information content (AvgIpc) is 2.46. The van der Waals surface area contributed by atoms with Crippen molar-refractivity contribution in [3.8, 4) is 5.75 Å². The fourth-order valence-corrected chi connectivity index (χ4v) is 2.20. The Hall–Kier alpha value is -1.55. The van der Waals surface area contributed by atoms with Gasteiger partial charge < -0.3 is 15.8 Å². The molecule has 1 aromatic rings. The Balaban J connectivity index is 2.46. The van der Waals surface area contributed by atoms with E-state index in [1.807, 2.05) is 26.0 Å². The van der Waals surface area contributed by atoms with Crippen molar-refractivity contribution < 1.29 is 9.53 Å². The van der Waals surface area contributed by atoms with Crippen LogP contribution in [0.15, 0.2) is 24.3 Å². The highest BCUT2D eigenvalue weighted by Gasteiger charge is 2.29. The van der Waals surface area contributed by atoms with Gasteiger partial charge in [-0.05, 0) is 44.0 Å². The molecule has 0 fully saturated rings. The van der Waals surface area contributed by atoms with Gasteiger partial charge in [0.1, 0.15) is 5.75 Å². The van der Waals surface area contributed by atoms with Crippen LogP contribution in [-0.4, -0.2) is 24.6 Å². The molecule has 0 aliphatic carbocycles. The van der Waals surface area contributed by atoms with Crippen molar-refractivity contribution >= 4 is 5.91 Å². The molecule has 0 saturated carbocycles. The summed E-state index contributed by atoms with van der Waals surface area (Å²) in [5.41, 5.74) is 6.07. The first kappa shape index (κ1) is 17.5. The summed E-state index contributed by atoms with van der Waals surface area (Å²) in [6, 6.07) is 8.17. The number of hydrogen-bond donors (Lipinski definition) is 2. The van der Waals surface area contributed by atoms with Crippen molar-refractivity contribution in [2.24, 2.45) is 5.73 Å². The molecule has 0 aliphatic rings. The number of ether oxygens (including phenoxy) is 1. The summed E-state index contributed by atoms with van der Waals surface area (Å²) >= 11 is 0. The maximum atomic E-state index is 11.5. The van der Waals surface area contributed by atoms with Gasteiger partial charge in [0.2, 0.25) is 5.91 Å². The van der Waals surface area contributed by atoms with Gasteiger partial charge >= 0.3 is 0 Å². The second kappa shape index (κ2) is 8.67. The number of hydrogen-bond acceptors (Lipinski definition) is 3. The standard InChI is InChI=1S/C17H28N2O2/c1-4-6-7-14-8-10-15(11-9-14)21-13-12-17(3,16(18)20)19-5-2/h8-11,19H,4-7,12-13H2,1-3H3,(H2,18,20). The van der Waals surface area contributed by atoms with Gasteiger partial charge in [-0.15, -0.1) is 0 Å². The molecule has 118 valence electrons. The van der Waals surface area contributed by atoms with Crippen LogP contribution < -0.4 is 15.8 Å². The zero-order valence-electron chi connectivity index (χ0n) is 13.4. The van der Waals surface area contributed by atoms with E-state index in [-0.39, 0.29) is 5.91 Å². The van der Waals surface area contributed by atoms with Gasteiger partial charge in [-0.2, -0.15) is 0 Å². The third-order valence-electron chi connectivity index (χ3n) is 3.72. The maximum absolute atomic E-state index is 11.5. The Bertz CT molecular complexity index is 431. The molecule has 0 saturated heterocycles. The van der Waals surface area contributed by atoms with Crippen LogP contribution in [0.25, 0.3) is 0 Å². The summed E-state index contributed by atoms with van der Waals surface area (Å²) < 4.78 is 5.71. The van der Waals surface area contributed by atoms with Crippen LogP contribution in [0.4, 0.5) is 0 Å². The lowest BCUT2D eigenvalue weighted by atomic mass is 9.97. The highest BCUT2D eigenvalue weighted by Crippen LogP contribution is 2.16. The first-order chi connectivity index (χ1) is 10.0. The largest absolute Gasteiger partial charge is 0.494 e. The fourth-order valence-electron chi connectivity index (χ4n) is 2.20. The van der Waals surface area contributed by atoms with Crippen LogP contribution >= 0.6 is 0 Å². The lowest BCUT2D eigenvalue weighted by molar-refractivity contribution is -0.124. The molecule has 21 heavy (non-hydrogen) atoms. The summed E-state index contributed by atoms with van der Waals surface area (Å²) in [7, 11) is 0. The number of amides is 1. The van der Waals surface area contributed by atoms with Crippen molar-refractivity contribution in [2.75, 3.05) is 13.2 Å². The van der Waals surface area contributed by atoms with Crippen LogP contribution in [0.2, 0.25) is 0 Å². The zero-order valence-corrected chi connectivity index (χ0v) is 13.4. The molecule has 1 aromatic carbocycles. The minimum atomic E-state index is -0.712. The molecule has 4 heteroatoms. The quantitative estimate of drug-likeness (QED) is 0.697. The molecule has 4 nitrogen and oxygen atoms in total. The number of nitrogens with two attached hydrogens (primary N) is 1. The topological polar surface area (TPSA) is 64.3 Å². The zero-order chi connectivity index (χ0) is 15.7. The van der Waals surface area contributed by atoms with Gasteiger partial charge in [0, 0.05) is 6.42 Å². The van der Waals surface area contributed by atoms with Crippen LogP contribution in [-0.2, 0) is 11.2 Å². The second-order valence-electron chi connectivity index (χ2n) is 5.57. The molecule has 0 spiro atoms. The number of rotatable bonds is 10. The smallest absolute Gasteiger partial charge is 0.237 e. The Kier molecular flexibility index (Phi) is 7.23. The molecular formula is C17H28N2O2. The molecule has 3 N–H and O–H groups in total. The number of benzene rings is 1. The molecule has 0 heterocycles. The fraction of sp³-hybridized carbons (Fsp3) is 0.588. The SMILES string of the molecule is CCCCc1ccc(OCCC(C)(NCC)C(N)=O)cc1. The van der Waals surface area contributed by atoms with E-state index in [0.717, 1.165) is 12.2 Å². The van der Waals surface area contributed by atoms with Crippen LogP contribution in [0.3, 0.4) is 0 Å². The van der Waals surface area contributed by atoms with Gasteiger partial charge in [-0.25, -0.2) is 0 Å². The summed E-state index contributed by atoms with van der Waals surface area (Å²) in [6.45, 7) is 7.12. The summed E-state index contributed by atoms with van der Waals surface area (Å²) in [5, 5.41) is 3.12. The summed E-state index contributed by atoms with van der Waals surface area (Å²) in [6.07, 6.45) is 4.07. The maximum Gasteiger partial charge on any atom is 0.237 e. The molecule has 1 amide bonds. The van der Waals surface area contributed by atoms with Gasteiger partial charge in [0.15, 0.2) is 0 Å². The van der Waals surface area contributed by atoms with Gasteiger partial charge in [-0.3, -0.25) is 4.79 Å². The van der Waals surface area contributed by atoms with Gasteiger partial charge in [0.25, 0.3) is 0 Å². The number of likely N-dealkylation sites (N-methyl/N-ethyl adjacent to an activating group) is 1.